The van der Waals surface area contributed by atoms with E-state index in [9.17, 15) is 9.90 Å². The van der Waals surface area contributed by atoms with Crippen LogP contribution < -0.4 is 19.7 Å². The first-order valence-electron chi connectivity index (χ1n) is 6.27. The molecule has 0 aliphatic carbocycles. The lowest BCUT2D eigenvalue weighted by Gasteiger charge is -2.40. The molecule has 2 atom stereocenters. The van der Waals surface area contributed by atoms with E-state index < -0.39 is 6.04 Å². The maximum atomic E-state index is 11.8. The van der Waals surface area contributed by atoms with E-state index in [1.165, 1.54) is 0 Å². The van der Waals surface area contributed by atoms with Crippen LogP contribution >= 0.6 is 0 Å². The summed E-state index contributed by atoms with van der Waals surface area (Å²) >= 11 is 0. The third kappa shape index (κ3) is 1.98. The Hall–Kier alpha value is -1.95. The van der Waals surface area contributed by atoms with E-state index in [1.54, 1.807) is 0 Å². The number of piperazine rings is 1. The summed E-state index contributed by atoms with van der Waals surface area (Å²) in [7, 11) is 0. The molecule has 3 rings (SSSR count). The van der Waals surface area contributed by atoms with Crippen LogP contribution in [0.4, 0.5) is 5.69 Å². The number of nitrogens with zero attached hydrogens (tertiary/aromatic N) is 1. The van der Waals surface area contributed by atoms with Crippen LogP contribution in [0.3, 0.4) is 0 Å². The average molecular weight is 264 g/mol. The number of hydrogen-bond acceptors (Lipinski definition) is 5. The van der Waals surface area contributed by atoms with Crippen molar-refractivity contribution >= 4 is 11.6 Å². The summed E-state index contributed by atoms with van der Waals surface area (Å²) in [5.74, 6) is 1.23. The van der Waals surface area contributed by atoms with Crippen molar-refractivity contribution in [1.82, 2.24) is 5.32 Å². The zero-order valence-corrected chi connectivity index (χ0v) is 10.6. The fourth-order valence-electron chi connectivity index (χ4n) is 2.55. The molecule has 6 heteroatoms. The lowest BCUT2D eigenvalue weighted by Crippen LogP contribution is -2.61. The highest BCUT2D eigenvalue weighted by molar-refractivity contribution is 5.87. The van der Waals surface area contributed by atoms with Gasteiger partial charge in [0.2, 0.25) is 12.7 Å². The quantitative estimate of drug-likeness (QED) is 0.793. The molecule has 1 aromatic rings. The molecule has 2 aliphatic rings. The zero-order chi connectivity index (χ0) is 13.4. The normalized spacial score (nSPS) is 25.4. The van der Waals surface area contributed by atoms with Gasteiger partial charge in [-0.2, -0.15) is 0 Å². The number of aliphatic hydroxyl groups excluding tert-OH is 1. The van der Waals surface area contributed by atoms with Crippen LogP contribution in [0.1, 0.15) is 6.92 Å². The highest BCUT2D eigenvalue weighted by Gasteiger charge is 2.34. The van der Waals surface area contributed by atoms with Crippen molar-refractivity contribution < 1.29 is 19.4 Å². The predicted octanol–water partition coefficient (Wildman–Crippen LogP) is 0.101. The van der Waals surface area contributed by atoms with Gasteiger partial charge in [-0.15, -0.1) is 0 Å². The minimum atomic E-state index is -0.566. The average Bonchev–Trinajstić information content (AvgIpc) is 2.88. The van der Waals surface area contributed by atoms with Crippen LogP contribution in [0.5, 0.6) is 11.5 Å². The number of hydrogen-bond donors (Lipinski definition) is 2. The van der Waals surface area contributed by atoms with Crippen LogP contribution in [-0.2, 0) is 4.79 Å². The number of aliphatic hydroxyl groups is 1. The van der Waals surface area contributed by atoms with Crippen LogP contribution in [0.25, 0.3) is 0 Å². The second-order valence-electron chi connectivity index (χ2n) is 4.74. The minimum Gasteiger partial charge on any atom is -0.454 e. The predicted molar refractivity (Wildman–Crippen MR) is 68.4 cm³/mol. The Labute approximate surface area is 110 Å². The van der Waals surface area contributed by atoms with Gasteiger partial charge in [0, 0.05) is 24.3 Å². The second kappa shape index (κ2) is 4.62. The summed E-state index contributed by atoms with van der Waals surface area (Å²) in [6.07, 6.45) is 0. The van der Waals surface area contributed by atoms with Crippen molar-refractivity contribution in [1.29, 1.82) is 0 Å². The van der Waals surface area contributed by atoms with Gasteiger partial charge in [0.15, 0.2) is 11.5 Å². The van der Waals surface area contributed by atoms with Crippen LogP contribution in [0.2, 0.25) is 0 Å². The van der Waals surface area contributed by atoms with Crippen molar-refractivity contribution in [2.45, 2.75) is 19.0 Å². The van der Waals surface area contributed by atoms with Gasteiger partial charge < -0.3 is 24.8 Å². The standard InChI is InChI=1S/C13H16N2O4/c1-8-5-14-13(17)10(6-16)15(8)9-2-3-11-12(4-9)19-7-18-11/h2-4,8,10,16H,5-7H2,1H3,(H,14,17). The Bertz CT molecular complexity index is 505. The zero-order valence-electron chi connectivity index (χ0n) is 10.6. The first-order chi connectivity index (χ1) is 9.20. The molecular formula is C13H16N2O4. The summed E-state index contributed by atoms with van der Waals surface area (Å²) in [6.45, 7) is 2.57. The number of rotatable bonds is 2. The molecule has 19 heavy (non-hydrogen) atoms. The molecule has 1 fully saturated rings. The molecule has 0 radical (unpaired) electrons. The number of nitrogens with one attached hydrogen (secondary N) is 1. The molecule has 1 aromatic carbocycles. The Morgan fingerprint density at radius 2 is 2.21 bits per heavy atom. The van der Waals surface area contributed by atoms with Gasteiger partial charge in [-0.05, 0) is 19.1 Å². The lowest BCUT2D eigenvalue weighted by molar-refractivity contribution is -0.124. The molecule has 2 heterocycles. The molecule has 1 amide bonds. The Morgan fingerprint density at radius 1 is 1.42 bits per heavy atom. The van der Waals surface area contributed by atoms with Crippen LogP contribution in [0, 0.1) is 0 Å². The topological polar surface area (TPSA) is 71.0 Å². The second-order valence-corrected chi connectivity index (χ2v) is 4.74. The van der Waals surface area contributed by atoms with E-state index in [0.717, 1.165) is 5.69 Å². The van der Waals surface area contributed by atoms with Gasteiger partial charge in [0.25, 0.3) is 0 Å². The van der Waals surface area contributed by atoms with Crippen molar-refractivity contribution in [2.24, 2.45) is 0 Å². The highest BCUT2D eigenvalue weighted by Crippen LogP contribution is 2.36. The van der Waals surface area contributed by atoms with Crippen LogP contribution in [0.15, 0.2) is 18.2 Å². The minimum absolute atomic E-state index is 0.107. The molecule has 1 saturated heterocycles. The lowest BCUT2D eigenvalue weighted by atomic mass is 10.1. The SMILES string of the molecule is CC1CNC(=O)C(CO)N1c1ccc2c(c1)OCO2. The first kappa shape index (κ1) is 12.1. The summed E-state index contributed by atoms with van der Waals surface area (Å²) < 4.78 is 10.6. The monoisotopic (exact) mass is 264 g/mol. The largest absolute Gasteiger partial charge is 0.454 e. The molecule has 102 valence electrons. The fraction of sp³-hybridized carbons (Fsp3) is 0.462. The highest BCUT2D eigenvalue weighted by atomic mass is 16.7. The van der Waals surface area contributed by atoms with E-state index in [0.29, 0.717) is 18.0 Å². The number of ether oxygens (including phenoxy) is 2. The van der Waals surface area contributed by atoms with E-state index in [4.69, 9.17) is 9.47 Å². The number of benzene rings is 1. The van der Waals surface area contributed by atoms with E-state index in [1.807, 2.05) is 30.0 Å². The fourth-order valence-corrected chi connectivity index (χ4v) is 2.55. The maximum Gasteiger partial charge on any atom is 0.245 e. The molecule has 2 unspecified atom stereocenters. The smallest absolute Gasteiger partial charge is 0.245 e. The van der Waals surface area contributed by atoms with Gasteiger partial charge in [-0.3, -0.25) is 4.79 Å². The number of amides is 1. The first-order valence-corrected chi connectivity index (χ1v) is 6.27. The molecule has 0 saturated carbocycles. The van der Waals surface area contributed by atoms with E-state index >= 15 is 0 Å². The van der Waals surface area contributed by atoms with E-state index in [-0.39, 0.29) is 25.3 Å². The van der Waals surface area contributed by atoms with Crippen molar-refractivity contribution in [3.05, 3.63) is 18.2 Å². The Morgan fingerprint density at radius 3 is 3.00 bits per heavy atom. The number of anilines is 1. The molecular weight excluding hydrogens is 248 g/mol. The van der Waals surface area contributed by atoms with Crippen LogP contribution in [-0.4, -0.2) is 43.0 Å². The number of carbonyl (C=O) groups is 1. The van der Waals surface area contributed by atoms with Crippen molar-refractivity contribution in [3.8, 4) is 11.5 Å². The Balaban J connectivity index is 1.96. The number of carbonyl (C=O) groups excluding carboxylic acids is 1. The molecule has 0 bridgehead atoms. The summed E-state index contributed by atoms with van der Waals surface area (Å²) in [5.41, 5.74) is 0.852. The van der Waals surface area contributed by atoms with Gasteiger partial charge in [0.1, 0.15) is 6.04 Å². The number of fused-ring (bicyclic) bond motifs is 1. The third-order valence-electron chi connectivity index (χ3n) is 3.51. The van der Waals surface area contributed by atoms with Crippen molar-refractivity contribution in [3.63, 3.8) is 0 Å². The van der Waals surface area contributed by atoms with Crippen molar-refractivity contribution in [2.75, 3.05) is 24.8 Å². The molecule has 2 N–H and O–H groups in total. The molecule has 2 aliphatic heterocycles. The summed E-state index contributed by atoms with van der Waals surface area (Å²) in [6, 6.07) is 5.09. The summed E-state index contributed by atoms with van der Waals surface area (Å²) in [4.78, 5) is 13.7. The van der Waals surface area contributed by atoms with Gasteiger partial charge in [-0.1, -0.05) is 0 Å². The molecule has 0 aromatic heterocycles. The van der Waals surface area contributed by atoms with Gasteiger partial charge >= 0.3 is 0 Å². The van der Waals surface area contributed by atoms with Gasteiger partial charge in [-0.25, -0.2) is 0 Å². The molecule has 0 spiro atoms. The maximum absolute atomic E-state index is 11.8. The van der Waals surface area contributed by atoms with Gasteiger partial charge in [0.05, 0.1) is 6.61 Å². The Kier molecular flexibility index (Phi) is 2.94. The summed E-state index contributed by atoms with van der Waals surface area (Å²) in [5, 5.41) is 12.2. The molecule has 6 nitrogen and oxygen atoms in total. The third-order valence-corrected chi connectivity index (χ3v) is 3.51. The van der Waals surface area contributed by atoms with E-state index in [2.05, 4.69) is 5.32 Å².